The summed E-state index contributed by atoms with van der Waals surface area (Å²) >= 11 is 0. The molecule has 0 atom stereocenters. The summed E-state index contributed by atoms with van der Waals surface area (Å²) in [5, 5.41) is 0. The Morgan fingerprint density at radius 2 is 1.33 bits per heavy atom. The van der Waals surface area contributed by atoms with Crippen molar-refractivity contribution in [2.75, 3.05) is 45.1 Å². The maximum atomic E-state index is 12.5. The van der Waals surface area contributed by atoms with E-state index in [0.717, 1.165) is 39.6 Å². The average Bonchev–Trinajstić information content (AvgIpc) is 2.76. The Balaban J connectivity index is 1.96. The van der Waals surface area contributed by atoms with Gasteiger partial charge < -0.3 is 19.3 Å². The highest BCUT2D eigenvalue weighted by Crippen LogP contribution is 2.49. The summed E-state index contributed by atoms with van der Waals surface area (Å²) in [5.41, 5.74) is 5.65. The van der Waals surface area contributed by atoms with E-state index >= 15 is 0 Å². The molecular weight excluding hydrogens is 376 g/mol. The molecule has 0 aromatic heterocycles. The predicted molar refractivity (Wildman–Crippen MR) is 120 cm³/mol. The molecule has 4 rings (SSSR count). The molecule has 154 valence electrons. The number of benzene rings is 3. The SMILES string of the molecule is COC(=O)c1ccccc1C1c2ccc(N(C)C)cc2Oc2cc(N(C)C)ccc21. The molecule has 0 unspecified atom stereocenters. The van der Waals surface area contributed by atoms with Gasteiger partial charge in [0.05, 0.1) is 12.7 Å². The van der Waals surface area contributed by atoms with Crippen LogP contribution in [-0.4, -0.2) is 41.3 Å². The van der Waals surface area contributed by atoms with Crippen molar-refractivity contribution in [3.05, 3.63) is 82.9 Å². The zero-order valence-corrected chi connectivity index (χ0v) is 18.0. The number of fused-ring (bicyclic) bond motifs is 2. The molecular formula is C25H26N2O3. The van der Waals surface area contributed by atoms with E-state index < -0.39 is 0 Å². The molecule has 5 nitrogen and oxygen atoms in total. The molecule has 0 bridgehead atoms. The van der Waals surface area contributed by atoms with Gasteiger partial charge in [-0.2, -0.15) is 0 Å². The number of nitrogens with zero attached hydrogens (tertiary/aromatic N) is 2. The first-order valence-corrected chi connectivity index (χ1v) is 9.88. The molecule has 3 aromatic rings. The van der Waals surface area contributed by atoms with Gasteiger partial charge >= 0.3 is 5.97 Å². The first-order valence-electron chi connectivity index (χ1n) is 9.88. The summed E-state index contributed by atoms with van der Waals surface area (Å²) < 4.78 is 11.4. The van der Waals surface area contributed by atoms with E-state index in [4.69, 9.17) is 9.47 Å². The minimum absolute atomic E-state index is 0.133. The third-order valence-corrected chi connectivity index (χ3v) is 5.55. The van der Waals surface area contributed by atoms with Crippen molar-refractivity contribution in [3.8, 4) is 11.5 Å². The number of hydrogen-bond acceptors (Lipinski definition) is 5. The van der Waals surface area contributed by atoms with Crippen molar-refractivity contribution < 1.29 is 14.3 Å². The summed E-state index contributed by atoms with van der Waals surface area (Å²) in [7, 11) is 9.44. The van der Waals surface area contributed by atoms with Crippen LogP contribution < -0.4 is 14.5 Å². The van der Waals surface area contributed by atoms with Crippen molar-refractivity contribution in [2.24, 2.45) is 0 Å². The van der Waals surface area contributed by atoms with Crippen molar-refractivity contribution in [3.63, 3.8) is 0 Å². The lowest BCUT2D eigenvalue weighted by atomic mass is 9.80. The summed E-state index contributed by atoms with van der Waals surface area (Å²) in [6.07, 6.45) is 0. The summed E-state index contributed by atoms with van der Waals surface area (Å²) in [6.45, 7) is 0. The highest BCUT2D eigenvalue weighted by atomic mass is 16.5. The number of esters is 1. The molecule has 0 N–H and O–H groups in total. The Morgan fingerprint density at radius 1 is 0.800 bits per heavy atom. The molecule has 3 aromatic carbocycles. The van der Waals surface area contributed by atoms with Gasteiger partial charge in [0, 0.05) is 68.7 Å². The van der Waals surface area contributed by atoms with Crippen LogP contribution in [0.25, 0.3) is 0 Å². The summed E-state index contributed by atoms with van der Waals surface area (Å²) in [5.74, 6) is 1.13. The molecule has 5 heteroatoms. The van der Waals surface area contributed by atoms with E-state index in [1.807, 2.05) is 74.4 Å². The maximum Gasteiger partial charge on any atom is 0.338 e. The van der Waals surface area contributed by atoms with E-state index in [1.54, 1.807) is 0 Å². The Hall–Kier alpha value is -3.47. The first-order chi connectivity index (χ1) is 14.4. The maximum absolute atomic E-state index is 12.5. The molecule has 0 aliphatic carbocycles. The highest BCUT2D eigenvalue weighted by molar-refractivity contribution is 5.92. The van der Waals surface area contributed by atoms with Crippen molar-refractivity contribution in [1.29, 1.82) is 0 Å². The number of anilines is 2. The average molecular weight is 402 g/mol. The smallest absolute Gasteiger partial charge is 0.338 e. The molecule has 0 spiro atoms. The van der Waals surface area contributed by atoms with Gasteiger partial charge in [0.2, 0.25) is 0 Å². The quantitative estimate of drug-likeness (QED) is 0.455. The Morgan fingerprint density at radius 3 is 1.83 bits per heavy atom. The van der Waals surface area contributed by atoms with Crippen LogP contribution in [-0.2, 0) is 4.74 Å². The lowest BCUT2D eigenvalue weighted by Gasteiger charge is -2.31. The van der Waals surface area contributed by atoms with E-state index in [0.29, 0.717) is 5.56 Å². The molecule has 0 saturated carbocycles. The Labute approximate surface area is 177 Å². The van der Waals surface area contributed by atoms with Crippen LogP contribution in [0.2, 0.25) is 0 Å². The number of hydrogen-bond donors (Lipinski definition) is 0. The summed E-state index contributed by atoms with van der Waals surface area (Å²) in [4.78, 5) is 16.6. The van der Waals surface area contributed by atoms with Crippen LogP contribution >= 0.6 is 0 Å². The lowest BCUT2D eigenvalue weighted by molar-refractivity contribution is 0.0599. The third kappa shape index (κ3) is 3.36. The molecule has 0 amide bonds. The zero-order valence-electron chi connectivity index (χ0n) is 18.0. The molecule has 0 saturated heterocycles. The molecule has 30 heavy (non-hydrogen) atoms. The fourth-order valence-corrected chi connectivity index (χ4v) is 3.92. The second kappa shape index (κ2) is 7.75. The molecule has 1 aliphatic heterocycles. The van der Waals surface area contributed by atoms with Crippen molar-refractivity contribution in [1.82, 2.24) is 0 Å². The number of carbonyl (C=O) groups is 1. The molecule has 1 heterocycles. The summed E-state index contributed by atoms with van der Waals surface area (Å²) in [6, 6.07) is 20.1. The fraction of sp³-hybridized carbons (Fsp3) is 0.240. The molecule has 0 fully saturated rings. The van der Waals surface area contributed by atoms with Crippen LogP contribution in [0.15, 0.2) is 60.7 Å². The minimum atomic E-state index is -0.338. The van der Waals surface area contributed by atoms with E-state index in [-0.39, 0.29) is 11.9 Å². The lowest BCUT2D eigenvalue weighted by Crippen LogP contribution is -2.17. The number of methoxy groups -OCH3 is 1. The van der Waals surface area contributed by atoms with Crippen molar-refractivity contribution in [2.45, 2.75) is 5.92 Å². The highest BCUT2D eigenvalue weighted by Gasteiger charge is 2.32. The third-order valence-electron chi connectivity index (χ3n) is 5.55. The van der Waals surface area contributed by atoms with Gasteiger partial charge in [-0.05, 0) is 23.8 Å². The number of ether oxygens (including phenoxy) is 2. The minimum Gasteiger partial charge on any atom is -0.465 e. The van der Waals surface area contributed by atoms with Gasteiger partial charge in [-0.25, -0.2) is 4.79 Å². The van der Waals surface area contributed by atoms with Crippen LogP contribution in [0.4, 0.5) is 11.4 Å². The van der Waals surface area contributed by atoms with Crippen molar-refractivity contribution >= 4 is 17.3 Å². The van der Waals surface area contributed by atoms with E-state index in [9.17, 15) is 4.79 Å². The van der Waals surface area contributed by atoms with Crippen LogP contribution in [0.3, 0.4) is 0 Å². The van der Waals surface area contributed by atoms with Crippen LogP contribution in [0.1, 0.15) is 33.0 Å². The topological polar surface area (TPSA) is 42.0 Å². The predicted octanol–water partition coefficient (Wildman–Crippen LogP) is 4.89. The molecule has 0 radical (unpaired) electrons. The second-order valence-corrected chi connectivity index (χ2v) is 7.85. The standard InChI is InChI=1S/C25H26N2O3/c1-26(2)16-10-12-20-22(14-16)30-23-15-17(27(3)4)11-13-21(23)24(20)18-8-6-7-9-19(18)25(28)29-5/h6-15,24H,1-5H3. The number of rotatable bonds is 4. The van der Waals surface area contributed by atoms with Gasteiger partial charge in [0.1, 0.15) is 11.5 Å². The van der Waals surface area contributed by atoms with Crippen LogP contribution in [0, 0.1) is 0 Å². The zero-order chi connectivity index (χ0) is 21.4. The number of carbonyl (C=O) groups excluding carboxylic acids is 1. The van der Waals surface area contributed by atoms with Crippen LogP contribution in [0.5, 0.6) is 11.5 Å². The van der Waals surface area contributed by atoms with Gasteiger partial charge in [0.15, 0.2) is 0 Å². The van der Waals surface area contributed by atoms with Gasteiger partial charge in [0.25, 0.3) is 0 Å². The van der Waals surface area contributed by atoms with Gasteiger partial charge in [-0.15, -0.1) is 0 Å². The monoisotopic (exact) mass is 402 g/mol. The molecule has 1 aliphatic rings. The van der Waals surface area contributed by atoms with E-state index in [2.05, 4.69) is 24.3 Å². The van der Waals surface area contributed by atoms with Gasteiger partial charge in [-0.3, -0.25) is 0 Å². The second-order valence-electron chi connectivity index (χ2n) is 7.85. The fourth-order valence-electron chi connectivity index (χ4n) is 3.92. The normalized spacial score (nSPS) is 12.4. The Bertz CT molecular complexity index is 1050. The Kier molecular flexibility index (Phi) is 5.12. The van der Waals surface area contributed by atoms with E-state index in [1.165, 1.54) is 7.11 Å². The largest absolute Gasteiger partial charge is 0.465 e. The van der Waals surface area contributed by atoms with Gasteiger partial charge in [-0.1, -0.05) is 30.3 Å². The first kappa shape index (κ1) is 19.8.